The van der Waals surface area contributed by atoms with Crippen molar-refractivity contribution in [3.8, 4) is 0 Å². The SMILES string of the molecule is CC1(O)CCCN(CC2(CS)CCCCCC2)C1. The lowest BCUT2D eigenvalue weighted by Crippen LogP contribution is -2.50. The van der Waals surface area contributed by atoms with E-state index < -0.39 is 5.60 Å². The normalized spacial score (nSPS) is 34.2. The van der Waals surface area contributed by atoms with E-state index in [2.05, 4.69) is 17.5 Å². The zero-order valence-corrected chi connectivity index (χ0v) is 12.7. The number of hydrogen-bond acceptors (Lipinski definition) is 3. The molecule has 0 amide bonds. The van der Waals surface area contributed by atoms with Crippen LogP contribution >= 0.6 is 12.6 Å². The molecule has 2 nitrogen and oxygen atoms in total. The minimum Gasteiger partial charge on any atom is -0.389 e. The van der Waals surface area contributed by atoms with Gasteiger partial charge in [0.15, 0.2) is 0 Å². The van der Waals surface area contributed by atoms with Crippen LogP contribution in [0.2, 0.25) is 0 Å². The molecule has 1 aliphatic heterocycles. The Morgan fingerprint density at radius 3 is 2.28 bits per heavy atom. The highest BCUT2D eigenvalue weighted by Crippen LogP contribution is 2.38. The number of rotatable bonds is 3. The van der Waals surface area contributed by atoms with Crippen LogP contribution in [-0.2, 0) is 0 Å². The Morgan fingerprint density at radius 2 is 1.72 bits per heavy atom. The summed E-state index contributed by atoms with van der Waals surface area (Å²) in [5.74, 6) is 1.01. The van der Waals surface area contributed by atoms with Gasteiger partial charge >= 0.3 is 0 Å². The fourth-order valence-corrected chi connectivity index (χ4v) is 4.19. The van der Waals surface area contributed by atoms with Gasteiger partial charge in [-0.3, -0.25) is 4.90 Å². The van der Waals surface area contributed by atoms with Gasteiger partial charge in [0, 0.05) is 13.1 Å². The van der Waals surface area contributed by atoms with Crippen LogP contribution in [0.4, 0.5) is 0 Å². The van der Waals surface area contributed by atoms with Crippen molar-refractivity contribution >= 4 is 12.6 Å². The van der Waals surface area contributed by atoms with Crippen molar-refractivity contribution < 1.29 is 5.11 Å². The van der Waals surface area contributed by atoms with Crippen molar-refractivity contribution in [2.24, 2.45) is 5.41 Å². The summed E-state index contributed by atoms with van der Waals surface area (Å²) in [5.41, 5.74) is -0.0617. The van der Waals surface area contributed by atoms with E-state index >= 15 is 0 Å². The minimum atomic E-state index is -0.471. The van der Waals surface area contributed by atoms with Gasteiger partial charge in [0.1, 0.15) is 0 Å². The molecule has 0 spiro atoms. The largest absolute Gasteiger partial charge is 0.389 e. The van der Waals surface area contributed by atoms with E-state index in [1.54, 1.807) is 0 Å². The first kappa shape index (κ1) is 14.7. The van der Waals surface area contributed by atoms with Gasteiger partial charge in [0.2, 0.25) is 0 Å². The summed E-state index contributed by atoms with van der Waals surface area (Å²) < 4.78 is 0. The Hall–Kier alpha value is 0.270. The number of hydrogen-bond donors (Lipinski definition) is 2. The zero-order valence-electron chi connectivity index (χ0n) is 11.8. The molecule has 1 saturated carbocycles. The number of β-amino-alcohol motifs (C(OH)–C–C–N with tert-alkyl or cyclic N) is 1. The molecule has 1 N–H and O–H groups in total. The molecule has 1 heterocycles. The summed E-state index contributed by atoms with van der Waals surface area (Å²) in [6, 6.07) is 0. The van der Waals surface area contributed by atoms with E-state index in [9.17, 15) is 5.11 Å². The first-order valence-electron chi connectivity index (χ1n) is 7.61. The summed E-state index contributed by atoms with van der Waals surface area (Å²) in [4.78, 5) is 2.49. The van der Waals surface area contributed by atoms with Gasteiger partial charge in [-0.2, -0.15) is 12.6 Å². The van der Waals surface area contributed by atoms with Gasteiger partial charge in [-0.25, -0.2) is 0 Å². The molecule has 2 rings (SSSR count). The van der Waals surface area contributed by atoms with E-state index in [1.165, 1.54) is 38.5 Å². The maximum Gasteiger partial charge on any atom is 0.0746 e. The molecular weight excluding hydrogens is 242 g/mol. The van der Waals surface area contributed by atoms with Gasteiger partial charge in [0.25, 0.3) is 0 Å². The summed E-state index contributed by atoms with van der Waals surface area (Å²) in [5, 5.41) is 10.2. The molecule has 18 heavy (non-hydrogen) atoms. The number of nitrogens with zero attached hydrogens (tertiary/aromatic N) is 1. The molecule has 2 aliphatic rings. The molecule has 0 radical (unpaired) electrons. The average molecular weight is 271 g/mol. The monoisotopic (exact) mass is 271 g/mol. The average Bonchev–Trinajstić information content (AvgIpc) is 2.54. The van der Waals surface area contributed by atoms with Crippen molar-refractivity contribution in [2.45, 2.75) is 63.9 Å². The molecule has 1 aliphatic carbocycles. The van der Waals surface area contributed by atoms with Crippen molar-refractivity contribution in [1.29, 1.82) is 0 Å². The molecule has 1 atom stereocenters. The van der Waals surface area contributed by atoms with E-state index in [-0.39, 0.29) is 0 Å². The van der Waals surface area contributed by atoms with Gasteiger partial charge in [-0.05, 0) is 50.3 Å². The highest BCUT2D eigenvalue weighted by molar-refractivity contribution is 7.80. The second-order valence-electron chi connectivity index (χ2n) is 6.88. The second-order valence-corrected chi connectivity index (χ2v) is 7.20. The summed E-state index contributed by atoms with van der Waals surface area (Å²) in [6.45, 7) is 5.14. The van der Waals surface area contributed by atoms with Crippen LogP contribution in [0.15, 0.2) is 0 Å². The molecule has 2 fully saturated rings. The lowest BCUT2D eigenvalue weighted by atomic mass is 9.80. The van der Waals surface area contributed by atoms with Crippen LogP contribution in [0.25, 0.3) is 0 Å². The summed E-state index contributed by atoms with van der Waals surface area (Å²) >= 11 is 4.65. The number of likely N-dealkylation sites (tertiary alicyclic amines) is 1. The number of thiol groups is 1. The maximum absolute atomic E-state index is 10.2. The number of piperidine rings is 1. The quantitative estimate of drug-likeness (QED) is 0.609. The highest BCUT2D eigenvalue weighted by Gasteiger charge is 2.35. The fourth-order valence-electron chi connectivity index (χ4n) is 3.78. The molecule has 0 bridgehead atoms. The number of aliphatic hydroxyl groups is 1. The van der Waals surface area contributed by atoms with Crippen LogP contribution in [-0.4, -0.2) is 41.0 Å². The van der Waals surface area contributed by atoms with Crippen molar-refractivity contribution in [3.05, 3.63) is 0 Å². The second kappa shape index (κ2) is 6.15. The molecule has 3 heteroatoms. The zero-order chi connectivity index (χ0) is 13.1. The molecule has 106 valence electrons. The van der Waals surface area contributed by atoms with Gasteiger partial charge in [-0.1, -0.05) is 25.7 Å². The van der Waals surface area contributed by atoms with Crippen molar-refractivity contribution in [1.82, 2.24) is 4.90 Å². The Morgan fingerprint density at radius 1 is 1.06 bits per heavy atom. The Labute approximate surface area is 118 Å². The molecule has 1 unspecified atom stereocenters. The maximum atomic E-state index is 10.2. The molecule has 1 saturated heterocycles. The standard InChI is InChI=1S/C15H29NOS/c1-14(17)7-6-10-16(11-14)12-15(13-18)8-4-2-3-5-9-15/h17-18H,2-13H2,1H3. The fraction of sp³-hybridized carbons (Fsp3) is 1.00. The van der Waals surface area contributed by atoms with Crippen LogP contribution in [0.3, 0.4) is 0 Å². The summed E-state index contributed by atoms with van der Waals surface area (Å²) in [7, 11) is 0. The van der Waals surface area contributed by atoms with Gasteiger partial charge < -0.3 is 5.11 Å². The Balaban J connectivity index is 1.96. The van der Waals surface area contributed by atoms with E-state index in [4.69, 9.17) is 0 Å². The Kier molecular flexibility index (Phi) is 5.01. The lowest BCUT2D eigenvalue weighted by molar-refractivity contribution is -0.0279. The molecule has 0 aromatic carbocycles. The van der Waals surface area contributed by atoms with Crippen LogP contribution < -0.4 is 0 Å². The van der Waals surface area contributed by atoms with Crippen LogP contribution in [0.1, 0.15) is 58.3 Å². The van der Waals surface area contributed by atoms with Crippen molar-refractivity contribution in [2.75, 3.05) is 25.4 Å². The summed E-state index contributed by atoms with van der Waals surface area (Å²) in [6.07, 6.45) is 10.3. The molecule has 0 aromatic rings. The lowest BCUT2D eigenvalue weighted by Gasteiger charge is -2.42. The van der Waals surface area contributed by atoms with E-state index in [1.807, 2.05) is 6.92 Å². The predicted molar refractivity (Wildman–Crippen MR) is 80.3 cm³/mol. The Bertz CT molecular complexity index is 259. The van der Waals surface area contributed by atoms with Crippen LogP contribution in [0.5, 0.6) is 0 Å². The highest BCUT2D eigenvalue weighted by atomic mass is 32.1. The first-order valence-corrected chi connectivity index (χ1v) is 8.24. The smallest absolute Gasteiger partial charge is 0.0746 e. The van der Waals surface area contributed by atoms with Gasteiger partial charge in [-0.15, -0.1) is 0 Å². The topological polar surface area (TPSA) is 23.5 Å². The van der Waals surface area contributed by atoms with Crippen molar-refractivity contribution in [3.63, 3.8) is 0 Å². The molecule has 0 aromatic heterocycles. The third kappa shape index (κ3) is 3.88. The predicted octanol–water partition coefficient (Wildman–Crippen LogP) is 3.10. The minimum absolute atomic E-state index is 0.410. The molecular formula is C15H29NOS. The first-order chi connectivity index (χ1) is 8.55. The van der Waals surface area contributed by atoms with E-state index in [0.717, 1.165) is 38.2 Å². The third-order valence-electron chi connectivity index (χ3n) is 4.81. The van der Waals surface area contributed by atoms with Crippen LogP contribution in [0, 0.1) is 5.41 Å². The van der Waals surface area contributed by atoms with Gasteiger partial charge in [0.05, 0.1) is 5.60 Å². The third-order valence-corrected chi connectivity index (χ3v) is 5.48. The van der Waals surface area contributed by atoms with E-state index in [0.29, 0.717) is 5.41 Å².